The molecule has 0 heterocycles. The average molecular weight is 188 g/mol. The summed E-state index contributed by atoms with van der Waals surface area (Å²) in [6, 6.07) is 6.13. The number of hydrogen-bond acceptors (Lipinski definition) is 1. The summed E-state index contributed by atoms with van der Waals surface area (Å²) in [7, 11) is 1.69. The summed E-state index contributed by atoms with van der Waals surface area (Å²) in [5.41, 5.74) is 3.43. The molecule has 0 saturated heterocycles. The highest BCUT2D eigenvalue weighted by atomic mass is 16.5. The molecule has 0 fully saturated rings. The predicted octanol–water partition coefficient (Wildman–Crippen LogP) is 3.59. The van der Waals surface area contributed by atoms with Gasteiger partial charge in [0.15, 0.2) is 0 Å². The van der Waals surface area contributed by atoms with Crippen LogP contribution in [0.2, 0.25) is 0 Å². The van der Waals surface area contributed by atoms with Crippen molar-refractivity contribution < 1.29 is 4.74 Å². The van der Waals surface area contributed by atoms with E-state index >= 15 is 0 Å². The molecule has 0 radical (unpaired) electrons. The van der Waals surface area contributed by atoms with Crippen molar-refractivity contribution in [3.8, 4) is 5.75 Å². The molecule has 0 amide bonds. The van der Waals surface area contributed by atoms with Crippen molar-refractivity contribution in [3.05, 3.63) is 48.1 Å². The molecule has 0 aromatic heterocycles. The molecule has 0 unspecified atom stereocenters. The first-order valence-electron chi connectivity index (χ1n) is 4.66. The fraction of sp³-hybridized carbons (Fsp3) is 0.231. The van der Waals surface area contributed by atoms with Gasteiger partial charge in [0.2, 0.25) is 0 Å². The lowest BCUT2D eigenvalue weighted by molar-refractivity contribution is 0.413. The van der Waals surface area contributed by atoms with E-state index in [-0.39, 0.29) is 0 Å². The number of methoxy groups -OCH3 is 1. The molecule has 0 aliphatic heterocycles. The van der Waals surface area contributed by atoms with Crippen LogP contribution in [0.25, 0.3) is 5.57 Å². The first kappa shape index (κ1) is 10.6. The van der Waals surface area contributed by atoms with Crippen LogP contribution in [0.15, 0.2) is 36.9 Å². The Morgan fingerprint density at radius 3 is 2.64 bits per heavy atom. The second-order valence-corrected chi connectivity index (χ2v) is 3.15. The van der Waals surface area contributed by atoms with E-state index in [1.165, 1.54) is 5.56 Å². The Balaban J connectivity index is 3.29. The first-order chi connectivity index (χ1) is 6.72. The zero-order chi connectivity index (χ0) is 10.6. The normalized spacial score (nSPS) is 11.2. The summed E-state index contributed by atoms with van der Waals surface area (Å²) < 4.78 is 5.30. The third kappa shape index (κ3) is 2.05. The SMILES string of the molecule is C=C/C(=C\C)c1cc(C)ccc1OC. The van der Waals surface area contributed by atoms with Gasteiger partial charge in [-0.1, -0.05) is 30.4 Å². The van der Waals surface area contributed by atoms with Gasteiger partial charge < -0.3 is 4.74 Å². The second-order valence-electron chi connectivity index (χ2n) is 3.15. The van der Waals surface area contributed by atoms with E-state index < -0.39 is 0 Å². The van der Waals surface area contributed by atoms with Crippen LogP contribution in [0.3, 0.4) is 0 Å². The third-order valence-electron chi connectivity index (χ3n) is 2.20. The Bertz CT molecular complexity index is 361. The molecule has 0 aliphatic carbocycles. The number of ether oxygens (including phenoxy) is 1. The van der Waals surface area contributed by atoms with Crippen LogP contribution < -0.4 is 4.74 Å². The van der Waals surface area contributed by atoms with Crippen molar-refractivity contribution in [2.75, 3.05) is 7.11 Å². The van der Waals surface area contributed by atoms with Crippen molar-refractivity contribution in [2.24, 2.45) is 0 Å². The Morgan fingerprint density at radius 2 is 2.14 bits per heavy atom. The van der Waals surface area contributed by atoms with Gasteiger partial charge in [0, 0.05) is 5.56 Å². The number of benzene rings is 1. The van der Waals surface area contributed by atoms with Crippen molar-refractivity contribution >= 4 is 5.57 Å². The topological polar surface area (TPSA) is 9.23 Å². The molecule has 0 saturated carbocycles. The predicted molar refractivity (Wildman–Crippen MR) is 61.6 cm³/mol. The molecule has 14 heavy (non-hydrogen) atoms. The summed E-state index contributed by atoms with van der Waals surface area (Å²) in [5, 5.41) is 0. The summed E-state index contributed by atoms with van der Waals surface area (Å²) in [5.74, 6) is 0.892. The molecule has 1 nitrogen and oxygen atoms in total. The number of aryl methyl sites for hydroxylation is 1. The van der Waals surface area contributed by atoms with Crippen LogP contribution in [0.1, 0.15) is 18.1 Å². The van der Waals surface area contributed by atoms with E-state index in [0.29, 0.717) is 0 Å². The molecule has 74 valence electrons. The highest BCUT2D eigenvalue weighted by Gasteiger charge is 2.04. The van der Waals surface area contributed by atoms with Crippen LogP contribution in [0, 0.1) is 6.92 Å². The summed E-state index contributed by atoms with van der Waals surface area (Å²) in [6.45, 7) is 7.86. The van der Waals surface area contributed by atoms with Crippen LogP contribution >= 0.6 is 0 Å². The standard InChI is InChI=1S/C13H16O/c1-5-11(6-2)12-9-10(3)7-8-13(12)14-4/h5-9H,1H2,2-4H3/b11-6+. The molecule has 0 atom stereocenters. The lowest BCUT2D eigenvalue weighted by Crippen LogP contribution is -1.90. The van der Waals surface area contributed by atoms with Gasteiger partial charge in [0.05, 0.1) is 7.11 Å². The van der Waals surface area contributed by atoms with E-state index in [9.17, 15) is 0 Å². The van der Waals surface area contributed by atoms with Gasteiger partial charge in [-0.05, 0) is 31.6 Å². The zero-order valence-corrected chi connectivity index (χ0v) is 9.00. The highest BCUT2D eigenvalue weighted by molar-refractivity contribution is 5.77. The van der Waals surface area contributed by atoms with E-state index in [1.807, 2.05) is 31.2 Å². The van der Waals surface area contributed by atoms with Gasteiger partial charge in [-0.25, -0.2) is 0 Å². The van der Waals surface area contributed by atoms with Crippen LogP contribution in [0.5, 0.6) is 5.75 Å². The molecule has 0 bridgehead atoms. The first-order valence-corrected chi connectivity index (χ1v) is 4.66. The molecule has 1 rings (SSSR count). The minimum Gasteiger partial charge on any atom is -0.496 e. The summed E-state index contributed by atoms with van der Waals surface area (Å²) in [6.07, 6.45) is 3.88. The van der Waals surface area contributed by atoms with Gasteiger partial charge in [0.1, 0.15) is 5.75 Å². The van der Waals surface area contributed by atoms with E-state index in [2.05, 4.69) is 19.6 Å². The lowest BCUT2D eigenvalue weighted by atomic mass is 10.0. The van der Waals surface area contributed by atoms with Crippen molar-refractivity contribution in [1.82, 2.24) is 0 Å². The lowest BCUT2D eigenvalue weighted by Gasteiger charge is -2.09. The molecule has 0 N–H and O–H groups in total. The molecule has 1 heteroatoms. The quantitative estimate of drug-likeness (QED) is 0.659. The molecule has 1 aromatic rings. The van der Waals surface area contributed by atoms with Gasteiger partial charge in [-0.2, -0.15) is 0 Å². The Labute approximate surface area is 85.7 Å². The fourth-order valence-corrected chi connectivity index (χ4v) is 1.43. The number of hydrogen-bond donors (Lipinski definition) is 0. The highest BCUT2D eigenvalue weighted by Crippen LogP contribution is 2.27. The van der Waals surface area contributed by atoms with Gasteiger partial charge in [-0.3, -0.25) is 0 Å². The zero-order valence-electron chi connectivity index (χ0n) is 9.00. The minimum absolute atomic E-state index is 0.892. The maximum Gasteiger partial charge on any atom is 0.126 e. The molecular weight excluding hydrogens is 172 g/mol. The van der Waals surface area contributed by atoms with Crippen molar-refractivity contribution in [2.45, 2.75) is 13.8 Å². The van der Waals surface area contributed by atoms with E-state index in [0.717, 1.165) is 16.9 Å². The maximum atomic E-state index is 5.30. The van der Waals surface area contributed by atoms with Crippen molar-refractivity contribution in [1.29, 1.82) is 0 Å². The molecule has 0 aliphatic rings. The van der Waals surface area contributed by atoms with Crippen LogP contribution in [-0.4, -0.2) is 7.11 Å². The third-order valence-corrected chi connectivity index (χ3v) is 2.20. The van der Waals surface area contributed by atoms with Crippen LogP contribution in [0.4, 0.5) is 0 Å². The van der Waals surface area contributed by atoms with E-state index in [4.69, 9.17) is 4.74 Å². The van der Waals surface area contributed by atoms with Gasteiger partial charge in [0.25, 0.3) is 0 Å². The largest absolute Gasteiger partial charge is 0.496 e. The second kappa shape index (κ2) is 4.66. The van der Waals surface area contributed by atoms with Crippen molar-refractivity contribution in [3.63, 3.8) is 0 Å². The fourth-order valence-electron chi connectivity index (χ4n) is 1.43. The average Bonchev–Trinajstić information content (AvgIpc) is 2.20. The molecule has 1 aromatic carbocycles. The Hall–Kier alpha value is -1.50. The number of allylic oxidation sites excluding steroid dienone is 3. The summed E-state index contributed by atoms with van der Waals surface area (Å²) >= 11 is 0. The maximum absolute atomic E-state index is 5.30. The Morgan fingerprint density at radius 1 is 1.43 bits per heavy atom. The van der Waals surface area contributed by atoms with E-state index in [1.54, 1.807) is 7.11 Å². The monoisotopic (exact) mass is 188 g/mol. The minimum atomic E-state index is 0.892. The smallest absolute Gasteiger partial charge is 0.126 e. The van der Waals surface area contributed by atoms with Gasteiger partial charge in [-0.15, -0.1) is 0 Å². The molecular formula is C13H16O. The Kier molecular flexibility index (Phi) is 3.52. The van der Waals surface area contributed by atoms with Crippen LogP contribution in [-0.2, 0) is 0 Å². The van der Waals surface area contributed by atoms with Gasteiger partial charge >= 0.3 is 0 Å². The molecule has 0 spiro atoms. The summed E-state index contributed by atoms with van der Waals surface area (Å²) in [4.78, 5) is 0. The number of rotatable bonds is 3.